The first kappa shape index (κ1) is 18.8. The minimum Gasteiger partial charge on any atom is -0.490 e. The van der Waals surface area contributed by atoms with Crippen LogP contribution in [0.4, 0.5) is 0 Å². The van der Waals surface area contributed by atoms with E-state index in [4.69, 9.17) is 9.47 Å². The molecule has 3 aromatic rings. The minimum atomic E-state index is 0.172. The molecule has 0 aliphatic heterocycles. The predicted molar refractivity (Wildman–Crippen MR) is 109 cm³/mol. The molecule has 3 rings (SSSR count). The van der Waals surface area contributed by atoms with Gasteiger partial charge in [-0.1, -0.05) is 63.2 Å². The van der Waals surface area contributed by atoms with Gasteiger partial charge in [0.05, 0.1) is 0 Å². The van der Waals surface area contributed by atoms with Crippen LogP contribution in [0, 0.1) is 11.3 Å². The molecule has 0 aliphatic carbocycles. The van der Waals surface area contributed by atoms with Crippen LogP contribution in [-0.4, -0.2) is 13.2 Å². The van der Waals surface area contributed by atoms with Gasteiger partial charge in [0.2, 0.25) is 0 Å². The van der Waals surface area contributed by atoms with E-state index in [1.54, 1.807) is 0 Å². The Balaban J connectivity index is 1.59. The molecule has 0 saturated heterocycles. The summed E-state index contributed by atoms with van der Waals surface area (Å²) in [5.41, 5.74) is 2.05. The molecule has 0 atom stereocenters. The van der Waals surface area contributed by atoms with Crippen LogP contribution in [0.1, 0.15) is 38.3 Å². The normalized spacial score (nSPS) is 11.2. The van der Waals surface area contributed by atoms with E-state index >= 15 is 0 Å². The van der Waals surface area contributed by atoms with Gasteiger partial charge in [-0.25, -0.2) is 0 Å². The van der Waals surface area contributed by atoms with Crippen molar-refractivity contribution < 1.29 is 9.47 Å². The molecule has 0 fully saturated rings. The molecule has 3 aromatic carbocycles. The SMILES string of the molecule is CCC(C)(C)c1ccc(OCCOc2ccc3ccccc3c2C#N)cc1. The van der Waals surface area contributed by atoms with E-state index in [2.05, 4.69) is 39.0 Å². The summed E-state index contributed by atoms with van der Waals surface area (Å²) in [6.07, 6.45) is 1.09. The first-order valence-corrected chi connectivity index (χ1v) is 9.33. The Kier molecular flexibility index (Phi) is 5.66. The molecule has 27 heavy (non-hydrogen) atoms. The van der Waals surface area contributed by atoms with E-state index in [0.29, 0.717) is 24.5 Å². The summed E-state index contributed by atoms with van der Waals surface area (Å²) in [7, 11) is 0. The second-order valence-electron chi connectivity index (χ2n) is 7.23. The Morgan fingerprint density at radius 2 is 1.59 bits per heavy atom. The lowest BCUT2D eigenvalue weighted by molar-refractivity contribution is 0.217. The van der Waals surface area contributed by atoms with Gasteiger partial charge in [-0.3, -0.25) is 0 Å². The van der Waals surface area contributed by atoms with Crippen LogP contribution in [0.15, 0.2) is 60.7 Å². The predicted octanol–water partition coefficient (Wildman–Crippen LogP) is 5.86. The maximum absolute atomic E-state index is 9.50. The van der Waals surface area contributed by atoms with Crippen LogP contribution in [0.25, 0.3) is 10.8 Å². The first-order valence-electron chi connectivity index (χ1n) is 9.33. The molecule has 0 radical (unpaired) electrons. The van der Waals surface area contributed by atoms with E-state index in [0.717, 1.165) is 22.9 Å². The number of hydrogen-bond donors (Lipinski definition) is 0. The van der Waals surface area contributed by atoms with Crippen molar-refractivity contribution in [3.8, 4) is 17.6 Å². The van der Waals surface area contributed by atoms with Crippen LogP contribution in [-0.2, 0) is 5.41 Å². The molecule has 3 heteroatoms. The summed E-state index contributed by atoms with van der Waals surface area (Å²) in [5, 5.41) is 11.4. The molecule has 0 unspecified atom stereocenters. The summed E-state index contributed by atoms with van der Waals surface area (Å²) in [4.78, 5) is 0. The van der Waals surface area contributed by atoms with Gasteiger partial charge in [0.1, 0.15) is 36.3 Å². The number of rotatable bonds is 7. The third-order valence-corrected chi connectivity index (χ3v) is 5.13. The summed E-state index contributed by atoms with van der Waals surface area (Å²) in [6.45, 7) is 7.49. The Morgan fingerprint density at radius 1 is 0.889 bits per heavy atom. The van der Waals surface area contributed by atoms with Gasteiger partial charge in [0.25, 0.3) is 0 Å². The molecular formula is C24H25NO2. The lowest BCUT2D eigenvalue weighted by Crippen LogP contribution is -2.15. The zero-order valence-corrected chi connectivity index (χ0v) is 16.2. The first-order chi connectivity index (χ1) is 13.0. The van der Waals surface area contributed by atoms with Gasteiger partial charge < -0.3 is 9.47 Å². The number of hydrogen-bond acceptors (Lipinski definition) is 3. The molecule has 0 bridgehead atoms. The Hall–Kier alpha value is -2.99. The molecule has 0 aromatic heterocycles. The van der Waals surface area contributed by atoms with Gasteiger partial charge in [-0.2, -0.15) is 5.26 Å². The summed E-state index contributed by atoms with van der Waals surface area (Å²) < 4.78 is 11.6. The molecule has 0 amide bonds. The second kappa shape index (κ2) is 8.14. The number of fused-ring (bicyclic) bond motifs is 1. The third-order valence-electron chi connectivity index (χ3n) is 5.13. The fourth-order valence-corrected chi connectivity index (χ4v) is 3.00. The molecule has 0 heterocycles. The van der Waals surface area contributed by atoms with Gasteiger partial charge in [0.15, 0.2) is 0 Å². The Labute approximate surface area is 161 Å². The van der Waals surface area contributed by atoms with E-state index in [-0.39, 0.29) is 5.41 Å². The van der Waals surface area contributed by atoms with E-state index < -0.39 is 0 Å². The van der Waals surface area contributed by atoms with Crippen molar-refractivity contribution >= 4 is 10.8 Å². The Morgan fingerprint density at radius 3 is 2.30 bits per heavy atom. The van der Waals surface area contributed by atoms with Crippen molar-refractivity contribution in [3.05, 3.63) is 71.8 Å². The molecule has 3 nitrogen and oxygen atoms in total. The standard InChI is InChI=1S/C24H25NO2/c1-4-24(2,3)19-10-12-20(13-11-19)26-15-16-27-23-14-9-18-7-5-6-8-21(18)22(23)17-25/h5-14H,4,15-16H2,1-3H3. The van der Waals surface area contributed by atoms with Gasteiger partial charge in [-0.05, 0) is 41.0 Å². The average molecular weight is 359 g/mol. The topological polar surface area (TPSA) is 42.2 Å². The minimum absolute atomic E-state index is 0.172. The van der Waals surface area contributed by atoms with Crippen LogP contribution in [0.3, 0.4) is 0 Å². The highest BCUT2D eigenvalue weighted by Crippen LogP contribution is 2.29. The summed E-state index contributed by atoms with van der Waals surface area (Å²) >= 11 is 0. The number of ether oxygens (including phenoxy) is 2. The van der Waals surface area contributed by atoms with Crippen LogP contribution in [0.5, 0.6) is 11.5 Å². The van der Waals surface area contributed by atoms with Crippen molar-refractivity contribution in [1.82, 2.24) is 0 Å². The number of nitrogens with zero attached hydrogens (tertiary/aromatic N) is 1. The zero-order chi connectivity index (χ0) is 19.3. The van der Waals surface area contributed by atoms with Crippen molar-refractivity contribution in [2.45, 2.75) is 32.6 Å². The van der Waals surface area contributed by atoms with E-state index in [1.165, 1.54) is 5.56 Å². The zero-order valence-electron chi connectivity index (χ0n) is 16.2. The Bertz CT molecular complexity index is 952. The lowest BCUT2D eigenvalue weighted by Gasteiger charge is -2.23. The molecular weight excluding hydrogens is 334 g/mol. The second-order valence-corrected chi connectivity index (χ2v) is 7.23. The largest absolute Gasteiger partial charge is 0.490 e. The van der Waals surface area contributed by atoms with Crippen molar-refractivity contribution in [2.24, 2.45) is 0 Å². The van der Waals surface area contributed by atoms with Crippen molar-refractivity contribution in [3.63, 3.8) is 0 Å². The molecule has 138 valence electrons. The van der Waals surface area contributed by atoms with Gasteiger partial charge in [0, 0.05) is 5.39 Å². The molecule has 0 spiro atoms. The van der Waals surface area contributed by atoms with Crippen LogP contribution >= 0.6 is 0 Å². The molecule has 0 saturated carbocycles. The maximum atomic E-state index is 9.50. The average Bonchev–Trinajstić information content (AvgIpc) is 2.71. The highest BCUT2D eigenvalue weighted by molar-refractivity contribution is 5.90. The smallest absolute Gasteiger partial charge is 0.137 e. The summed E-state index contributed by atoms with van der Waals surface area (Å²) in [6, 6.07) is 22.2. The van der Waals surface area contributed by atoms with Crippen LogP contribution < -0.4 is 9.47 Å². The molecule has 0 N–H and O–H groups in total. The fraction of sp³-hybridized carbons (Fsp3) is 0.292. The third kappa shape index (κ3) is 4.23. The lowest BCUT2D eigenvalue weighted by atomic mass is 9.82. The highest BCUT2D eigenvalue weighted by Gasteiger charge is 2.17. The fourth-order valence-electron chi connectivity index (χ4n) is 3.00. The van der Waals surface area contributed by atoms with Gasteiger partial charge >= 0.3 is 0 Å². The van der Waals surface area contributed by atoms with Gasteiger partial charge in [-0.15, -0.1) is 0 Å². The quantitative estimate of drug-likeness (QED) is 0.496. The number of nitriles is 1. The molecule has 0 aliphatic rings. The highest BCUT2D eigenvalue weighted by atomic mass is 16.5. The monoisotopic (exact) mass is 359 g/mol. The maximum Gasteiger partial charge on any atom is 0.137 e. The summed E-state index contributed by atoms with van der Waals surface area (Å²) in [5.74, 6) is 1.42. The van der Waals surface area contributed by atoms with Crippen molar-refractivity contribution in [1.29, 1.82) is 5.26 Å². The van der Waals surface area contributed by atoms with Crippen molar-refractivity contribution in [2.75, 3.05) is 13.2 Å². The van der Waals surface area contributed by atoms with E-state index in [9.17, 15) is 5.26 Å². The van der Waals surface area contributed by atoms with E-state index in [1.807, 2.05) is 48.5 Å². The van der Waals surface area contributed by atoms with Crippen LogP contribution in [0.2, 0.25) is 0 Å². The number of benzene rings is 3.